The van der Waals surface area contributed by atoms with Crippen LogP contribution in [-0.2, 0) is 4.74 Å². The number of aryl methyl sites for hydroxylation is 2. The molecule has 1 N–H and O–H groups in total. The molecule has 21 heavy (non-hydrogen) atoms. The van der Waals surface area contributed by atoms with E-state index >= 15 is 0 Å². The van der Waals surface area contributed by atoms with Crippen molar-refractivity contribution in [3.63, 3.8) is 0 Å². The van der Waals surface area contributed by atoms with Gasteiger partial charge >= 0.3 is 0 Å². The fraction of sp³-hybridized carbons (Fsp3) is 0.667. The van der Waals surface area contributed by atoms with Gasteiger partial charge in [-0.1, -0.05) is 19.9 Å². The molecule has 0 aliphatic carbocycles. The third-order valence-electron chi connectivity index (χ3n) is 4.38. The van der Waals surface area contributed by atoms with Crippen LogP contribution >= 0.6 is 0 Å². The second-order valence-corrected chi connectivity index (χ2v) is 5.96. The second-order valence-electron chi connectivity index (χ2n) is 5.96. The van der Waals surface area contributed by atoms with E-state index in [2.05, 4.69) is 52.1 Å². The monoisotopic (exact) mass is 293 g/mol. The van der Waals surface area contributed by atoms with Gasteiger partial charge in [-0.05, 0) is 57.4 Å². The Morgan fingerprint density at radius 2 is 1.86 bits per heavy atom. The molecular weight excluding hydrogens is 262 g/mol. The van der Waals surface area contributed by atoms with Crippen LogP contribution in [0.1, 0.15) is 56.3 Å². The Hall–Kier alpha value is -1.06. The fourth-order valence-electron chi connectivity index (χ4n) is 2.86. The van der Waals surface area contributed by atoms with Crippen molar-refractivity contribution < 1.29 is 9.47 Å². The van der Waals surface area contributed by atoms with E-state index in [9.17, 15) is 0 Å². The van der Waals surface area contributed by atoms with Crippen LogP contribution in [0.4, 0.5) is 0 Å². The van der Waals surface area contributed by atoms with Crippen LogP contribution in [0.25, 0.3) is 0 Å². The predicted molar refractivity (Wildman–Crippen MR) is 89.2 cm³/mol. The predicted octanol–water partition coefficient (Wildman–Crippen LogP) is 4.17. The van der Waals surface area contributed by atoms with Crippen LogP contribution in [-0.4, -0.2) is 26.4 Å². The third kappa shape index (κ3) is 3.98. The van der Waals surface area contributed by atoms with Gasteiger partial charge in [0.05, 0.1) is 18.8 Å². The van der Waals surface area contributed by atoms with Gasteiger partial charge in [0.2, 0.25) is 0 Å². The first-order valence-electron chi connectivity index (χ1n) is 7.87. The number of hydrogen-bond acceptors (Lipinski definition) is 3. The number of hydrogen-bond donors (Lipinski definition) is 1. The highest BCUT2D eigenvalue weighted by atomic mass is 16.5. The summed E-state index contributed by atoms with van der Waals surface area (Å²) in [6.45, 7) is 11.7. The summed E-state index contributed by atoms with van der Waals surface area (Å²) in [6.07, 6.45) is 2.02. The molecule has 2 atom stereocenters. The van der Waals surface area contributed by atoms with Gasteiger partial charge in [-0.2, -0.15) is 0 Å². The lowest BCUT2D eigenvalue weighted by molar-refractivity contribution is -0.0306. The van der Waals surface area contributed by atoms with Crippen molar-refractivity contribution in [2.45, 2.75) is 59.1 Å². The van der Waals surface area contributed by atoms with E-state index in [1.54, 1.807) is 14.2 Å². The number of benzene rings is 1. The average molecular weight is 293 g/mol. The van der Waals surface area contributed by atoms with Crippen molar-refractivity contribution in [3.05, 3.63) is 28.8 Å². The topological polar surface area (TPSA) is 30.5 Å². The van der Waals surface area contributed by atoms with E-state index in [-0.39, 0.29) is 11.6 Å². The van der Waals surface area contributed by atoms with Crippen molar-refractivity contribution in [2.75, 3.05) is 20.8 Å². The zero-order chi connectivity index (χ0) is 16.0. The Kier molecular flexibility index (Phi) is 6.69. The highest BCUT2D eigenvalue weighted by Gasteiger charge is 2.36. The molecule has 0 aliphatic heterocycles. The smallest absolute Gasteiger partial charge is 0.124 e. The third-order valence-corrected chi connectivity index (χ3v) is 4.38. The number of rotatable bonds is 8. The Morgan fingerprint density at radius 1 is 1.19 bits per heavy atom. The maximum atomic E-state index is 5.87. The molecule has 0 aromatic heterocycles. The van der Waals surface area contributed by atoms with Gasteiger partial charge in [-0.25, -0.2) is 0 Å². The number of nitrogens with one attached hydrogen (secondary N) is 1. The Bertz CT molecular complexity index is 453. The van der Waals surface area contributed by atoms with Crippen molar-refractivity contribution >= 4 is 0 Å². The molecule has 3 nitrogen and oxygen atoms in total. The van der Waals surface area contributed by atoms with Gasteiger partial charge in [0.1, 0.15) is 5.75 Å². The zero-order valence-corrected chi connectivity index (χ0v) is 14.7. The Morgan fingerprint density at radius 3 is 2.33 bits per heavy atom. The lowest BCUT2D eigenvalue weighted by Gasteiger charge is -2.38. The van der Waals surface area contributed by atoms with Crippen molar-refractivity contribution in [1.29, 1.82) is 0 Å². The van der Waals surface area contributed by atoms with E-state index in [4.69, 9.17) is 9.47 Å². The normalized spacial score (nSPS) is 15.6. The van der Waals surface area contributed by atoms with Crippen molar-refractivity contribution in [1.82, 2.24) is 5.32 Å². The molecule has 1 aromatic rings. The van der Waals surface area contributed by atoms with Gasteiger partial charge < -0.3 is 14.8 Å². The summed E-state index contributed by atoms with van der Waals surface area (Å²) in [7, 11) is 3.53. The molecule has 0 aliphatic rings. The lowest BCUT2D eigenvalue weighted by atomic mass is 9.84. The summed E-state index contributed by atoms with van der Waals surface area (Å²) >= 11 is 0. The molecule has 0 saturated carbocycles. The molecule has 2 unspecified atom stereocenters. The first-order chi connectivity index (χ1) is 9.93. The molecule has 0 heterocycles. The largest absolute Gasteiger partial charge is 0.496 e. The highest BCUT2D eigenvalue weighted by molar-refractivity contribution is 5.46. The van der Waals surface area contributed by atoms with Crippen LogP contribution < -0.4 is 10.1 Å². The van der Waals surface area contributed by atoms with Gasteiger partial charge in [0.15, 0.2) is 0 Å². The number of methoxy groups -OCH3 is 2. The Balaban J connectivity index is 3.38. The average Bonchev–Trinajstić information content (AvgIpc) is 2.48. The summed E-state index contributed by atoms with van der Waals surface area (Å²) < 4.78 is 11.5. The van der Waals surface area contributed by atoms with Crippen molar-refractivity contribution in [3.8, 4) is 5.75 Å². The molecular formula is C18H31NO2. The van der Waals surface area contributed by atoms with Gasteiger partial charge in [-0.15, -0.1) is 0 Å². The molecule has 0 saturated heterocycles. The summed E-state index contributed by atoms with van der Waals surface area (Å²) in [5.41, 5.74) is 3.42. The minimum Gasteiger partial charge on any atom is -0.496 e. The molecule has 0 fully saturated rings. The maximum Gasteiger partial charge on any atom is 0.124 e. The van der Waals surface area contributed by atoms with Crippen LogP contribution in [0.3, 0.4) is 0 Å². The van der Waals surface area contributed by atoms with E-state index in [0.717, 1.165) is 25.1 Å². The van der Waals surface area contributed by atoms with E-state index < -0.39 is 0 Å². The standard InChI is InChI=1S/C18H31NO2/c1-8-10-19-17(18(5,9-2)21-7)16-14(4)11-13(3)12-15(16)20-6/h11-12,17,19H,8-10H2,1-7H3. The highest BCUT2D eigenvalue weighted by Crippen LogP contribution is 2.39. The van der Waals surface area contributed by atoms with E-state index in [1.807, 2.05) is 0 Å². The maximum absolute atomic E-state index is 5.87. The SMILES string of the molecule is CCCNC(c1c(C)cc(C)cc1OC)C(C)(CC)OC. The van der Waals surface area contributed by atoms with Gasteiger partial charge in [0, 0.05) is 12.7 Å². The zero-order valence-electron chi connectivity index (χ0n) is 14.7. The van der Waals surface area contributed by atoms with Crippen LogP contribution in [0.15, 0.2) is 12.1 Å². The van der Waals surface area contributed by atoms with Crippen LogP contribution in [0, 0.1) is 13.8 Å². The molecule has 1 aromatic carbocycles. The molecule has 0 bridgehead atoms. The Labute approximate surface area is 130 Å². The molecule has 3 heteroatoms. The number of ether oxygens (including phenoxy) is 2. The second kappa shape index (κ2) is 7.81. The molecule has 0 spiro atoms. The summed E-state index contributed by atoms with van der Waals surface area (Å²) in [5.74, 6) is 0.942. The molecule has 1 rings (SSSR count). The fourth-order valence-corrected chi connectivity index (χ4v) is 2.86. The minimum atomic E-state index is -0.261. The molecule has 0 amide bonds. The summed E-state index contributed by atoms with van der Waals surface area (Å²) in [5, 5.41) is 3.66. The van der Waals surface area contributed by atoms with Crippen molar-refractivity contribution in [2.24, 2.45) is 0 Å². The lowest BCUT2D eigenvalue weighted by Crippen LogP contribution is -2.43. The summed E-state index contributed by atoms with van der Waals surface area (Å²) in [4.78, 5) is 0. The van der Waals surface area contributed by atoms with Gasteiger partial charge in [0.25, 0.3) is 0 Å². The first kappa shape index (κ1) is 18.0. The first-order valence-corrected chi connectivity index (χ1v) is 7.87. The van der Waals surface area contributed by atoms with Crippen LogP contribution in [0.2, 0.25) is 0 Å². The summed E-state index contributed by atoms with van der Waals surface area (Å²) in [6, 6.07) is 4.43. The van der Waals surface area contributed by atoms with E-state index in [1.165, 1.54) is 16.7 Å². The van der Waals surface area contributed by atoms with E-state index in [0.29, 0.717) is 0 Å². The molecule has 0 radical (unpaired) electrons. The quantitative estimate of drug-likeness (QED) is 0.780. The molecule has 120 valence electrons. The van der Waals surface area contributed by atoms with Gasteiger partial charge in [-0.3, -0.25) is 0 Å². The minimum absolute atomic E-state index is 0.114. The van der Waals surface area contributed by atoms with Crippen LogP contribution in [0.5, 0.6) is 5.75 Å².